The molecule has 32 heavy (non-hydrogen) atoms. The number of rotatable bonds is 8. The Bertz CT molecular complexity index is 817. The first-order valence-electron chi connectivity index (χ1n) is 10.7. The molecule has 1 saturated carbocycles. The Balaban J connectivity index is 2.30. The number of esters is 1. The quantitative estimate of drug-likeness (QED) is 0.591. The van der Waals surface area contributed by atoms with Gasteiger partial charge in [0.15, 0.2) is 0 Å². The van der Waals surface area contributed by atoms with Gasteiger partial charge in [0.25, 0.3) is 0 Å². The molecule has 1 aliphatic rings. The zero-order chi connectivity index (χ0) is 23.9. The number of alkyl carbamates (subject to hydrolysis) is 1. The fraction of sp³-hybridized carbons (Fsp3) is 0.565. The van der Waals surface area contributed by atoms with Gasteiger partial charge in [-0.15, -0.1) is 0 Å². The Hall–Kier alpha value is -3.10. The number of carbonyl (C=O) groups is 4. The fourth-order valence-electron chi connectivity index (χ4n) is 3.35. The molecule has 9 heteroatoms. The van der Waals surface area contributed by atoms with E-state index in [0.717, 1.165) is 19.3 Å². The van der Waals surface area contributed by atoms with Crippen LogP contribution in [-0.2, 0) is 23.9 Å². The Labute approximate surface area is 188 Å². The van der Waals surface area contributed by atoms with Crippen LogP contribution in [0.3, 0.4) is 0 Å². The van der Waals surface area contributed by atoms with Gasteiger partial charge in [0.1, 0.15) is 24.2 Å². The van der Waals surface area contributed by atoms with Gasteiger partial charge in [0.05, 0.1) is 7.11 Å². The van der Waals surface area contributed by atoms with Gasteiger partial charge in [0, 0.05) is 6.04 Å². The average molecular weight is 448 g/mol. The number of nitrogens with zero attached hydrogens (tertiary/aromatic N) is 1. The second-order valence-electron chi connectivity index (χ2n) is 8.81. The number of carbonyl (C=O) groups excluding carboxylic acids is 4. The number of methoxy groups -OCH3 is 1. The van der Waals surface area contributed by atoms with Crippen LogP contribution < -0.4 is 10.6 Å². The van der Waals surface area contributed by atoms with E-state index in [1.807, 2.05) is 6.07 Å². The molecular weight excluding hydrogens is 414 g/mol. The molecule has 0 heterocycles. The zero-order valence-electron chi connectivity index (χ0n) is 19.3. The van der Waals surface area contributed by atoms with Crippen molar-refractivity contribution in [3.8, 4) is 0 Å². The molecule has 1 aliphatic carbocycles. The minimum Gasteiger partial charge on any atom is -0.468 e. The van der Waals surface area contributed by atoms with Crippen molar-refractivity contribution in [2.75, 3.05) is 13.7 Å². The summed E-state index contributed by atoms with van der Waals surface area (Å²) in [7, 11) is 1.23. The Morgan fingerprint density at radius 2 is 1.75 bits per heavy atom. The molecule has 2 unspecified atom stereocenters. The van der Waals surface area contributed by atoms with E-state index in [4.69, 9.17) is 4.74 Å². The highest BCUT2D eigenvalue weighted by molar-refractivity contribution is 5.93. The van der Waals surface area contributed by atoms with Gasteiger partial charge in [-0.25, -0.2) is 4.79 Å². The van der Waals surface area contributed by atoms with E-state index in [1.165, 1.54) is 12.0 Å². The smallest absolute Gasteiger partial charge is 0.408 e. The monoisotopic (exact) mass is 447 g/mol. The molecule has 3 amide bonds. The third kappa shape index (κ3) is 6.96. The lowest BCUT2D eigenvalue weighted by molar-refractivity contribution is -0.148. The van der Waals surface area contributed by atoms with Gasteiger partial charge in [-0.2, -0.15) is 0 Å². The molecular formula is C23H33N3O6. The van der Waals surface area contributed by atoms with Crippen molar-refractivity contribution < 1.29 is 28.7 Å². The van der Waals surface area contributed by atoms with Crippen molar-refractivity contribution in [2.24, 2.45) is 0 Å². The van der Waals surface area contributed by atoms with Crippen molar-refractivity contribution in [2.45, 2.75) is 70.7 Å². The minimum absolute atomic E-state index is 0.153. The molecule has 0 aromatic heterocycles. The van der Waals surface area contributed by atoms with Crippen LogP contribution in [0.2, 0.25) is 0 Å². The third-order valence-electron chi connectivity index (χ3n) is 5.10. The Kier molecular flexibility index (Phi) is 8.63. The molecule has 0 bridgehead atoms. The largest absolute Gasteiger partial charge is 0.468 e. The first-order valence-corrected chi connectivity index (χ1v) is 10.7. The number of amides is 3. The van der Waals surface area contributed by atoms with Gasteiger partial charge in [0.2, 0.25) is 11.8 Å². The second-order valence-corrected chi connectivity index (χ2v) is 8.81. The average Bonchev–Trinajstić information content (AvgIpc) is 2.68. The summed E-state index contributed by atoms with van der Waals surface area (Å²) < 4.78 is 9.86. The summed E-state index contributed by atoms with van der Waals surface area (Å²) in [5, 5.41) is 5.13. The van der Waals surface area contributed by atoms with Gasteiger partial charge >= 0.3 is 12.1 Å². The van der Waals surface area contributed by atoms with E-state index in [0.29, 0.717) is 5.56 Å². The lowest BCUT2D eigenvalue weighted by Gasteiger charge is -2.43. The van der Waals surface area contributed by atoms with Crippen LogP contribution in [0.1, 0.15) is 58.6 Å². The van der Waals surface area contributed by atoms with Crippen LogP contribution in [0.4, 0.5) is 4.79 Å². The van der Waals surface area contributed by atoms with Crippen LogP contribution >= 0.6 is 0 Å². The summed E-state index contributed by atoms with van der Waals surface area (Å²) >= 11 is 0. The summed E-state index contributed by atoms with van der Waals surface area (Å²) in [6, 6.07) is 6.87. The number of nitrogens with one attached hydrogen (secondary N) is 2. The SMILES string of the molecule is COC(=O)CNC(=O)C(c1ccccc1)N(C(=O)C(C)NC(=O)OC(C)(C)C)C1CCC1. The third-order valence-corrected chi connectivity index (χ3v) is 5.10. The molecule has 0 spiro atoms. The minimum atomic E-state index is -0.957. The van der Waals surface area contributed by atoms with Crippen LogP contribution in [0.25, 0.3) is 0 Å². The van der Waals surface area contributed by atoms with Crippen molar-refractivity contribution in [3.05, 3.63) is 35.9 Å². The lowest BCUT2D eigenvalue weighted by atomic mass is 9.88. The van der Waals surface area contributed by atoms with Crippen LogP contribution in [-0.4, -0.2) is 60.1 Å². The predicted molar refractivity (Wildman–Crippen MR) is 118 cm³/mol. The van der Waals surface area contributed by atoms with Crippen molar-refractivity contribution >= 4 is 23.9 Å². The molecule has 2 N–H and O–H groups in total. The second kappa shape index (κ2) is 11.0. The summed E-state index contributed by atoms with van der Waals surface area (Å²) in [4.78, 5) is 51.9. The highest BCUT2D eigenvalue weighted by atomic mass is 16.6. The predicted octanol–water partition coefficient (Wildman–Crippen LogP) is 2.31. The number of benzene rings is 1. The Morgan fingerprint density at radius 1 is 1.12 bits per heavy atom. The molecule has 1 aromatic carbocycles. The highest BCUT2D eigenvalue weighted by Gasteiger charge is 2.40. The number of hydrogen-bond donors (Lipinski definition) is 2. The van der Waals surface area contributed by atoms with E-state index in [2.05, 4.69) is 15.4 Å². The topological polar surface area (TPSA) is 114 Å². The first-order chi connectivity index (χ1) is 15.0. The van der Waals surface area contributed by atoms with E-state index in [1.54, 1.807) is 52.0 Å². The van der Waals surface area contributed by atoms with E-state index in [9.17, 15) is 19.2 Å². The molecule has 1 fully saturated rings. The number of ether oxygens (including phenoxy) is 2. The van der Waals surface area contributed by atoms with E-state index in [-0.39, 0.29) is 12.6 Å². The lowest BCUT2D eigenvalue weighted by Crippen LogP contribution is -2.57. The molecule has 2 atom stereocenters. The maximum atomic E-state index is 13.5. The standard InChI is InChI=1S/C23H33N3O6/c1-15(25-22(30)32-23(2,3)4)21(29)26(17-12-9-13-17)19(16-10-7-6-8-11-16)20(28)24-14-18(27)31-5/h6-8,10-11,15,17,19H,9,12-14H2,1-5H3,(H,24,28)(H,25,30). The van der Waals surface area contributed by atoms with Crippen molar-refractivity contribution in [1.82, 2.24) is 15.5 Å². The van der Waals surface area contributed by atoms with Crippen LogP contribution in [0, 0.1) is 0 Å². The summed E-state index contributed by atoms with van der Waals surface area (Å²) in [6.07, 6.45) is 1.73. The molecule has 176 valence electrons. The maximum absolute atomic E-state index is 13.5. The van der Waals surface area contributed by atoms with Crippen LogP contribution in [0.15, 0.2) is 30.3 Å². The summed E-state index contributed by atoms with van der Waals surface area (Å²) in [5.41, 5.74) is -0.0968. The van der Waals surface area contributed by atoms with Gasteiger partial charge in [-0.05, 0) is 52.5 Å². The van der Waals surface area contributed by atoms with E-state index >= 15 is 0 Å². The highest BCUT2D eigenvalue weighted by Crippen LogP contribution is 2.33. The molecule has 2 rings (SSSR count). The summed E-state index contributed by atoms with van der Waals surface area (Å²) in [5.74, 6) is -1.49. The summed E-state index contributed by atoms with van der Waals surface area (Å²) in [6.45, 7) is 6.45. The fourth-order valence-corrected chi connectivity index (χ4v) is 3.35. The van der Waals surface area contributed by atoms with Crippen molar-refractivity contribution in [1.29, 1.82) is 0 Å². The van der Waals surface area contributed by atoms with Gasteiger partial charge in [-0.1, -0.05) is 30.3 Å². The normalized spacial score (nSPS) is 15.5. The van der Waals surface area contributed by atoms with Crippen LogP contribution in [0.5, 0.6) is 0 Å². The Morgan fingerprint density at radius 3 is 2.25 bits per heavy atom. The van der Waals surface area contributed by atoms with E-state index < -0.39 is 41.6 Å². The van der Waals surface area contributed by atoms with Crippen molar-refractivity contribution in [3.63, 3.8) is 0 Å². The molecule has 0 aliphatic heterocycles. The molecule has 1 aromatic rings. The van der Waals surface area contributed by atoms with Gasteiger partial charge < -0.3 is 25.0 Å². The molecule has 0 saturated heterocycles. The first kappa shape index (κ1) is 25.2. The zero-order valence-corrected chi connectivity index (χ0v) is 19.3. The maximum Gasteiger partial charge on any atom is 0.408 e. The number of hydrogen-bond acceptors (Lipinski definition) is 6. The van der Waals surface area contributed by atoms with Gasteiger partial charge in [-0.3, -0.25) is 14.4 Å². The molecule has 9 nitrogen and oxygen atoms in total. The molecule has 0 radical (unpaired) electrons.